The van der Waals surface area contributed by atoms with Crippen LogP contribution in [0.4, 0.5) is 0 Å². The summed E-state index contributed by atoms with van der Waals surface area (Å²) in [5.41, 5.74) is 3.35. The van der Waals surface area contributed by atoms with Crippen LogP contribution in [0, 0.1) is 6.92 Å². The molecule has 22 heavy (non-hydrogen) atoms. The average molecular weight is 315 g/mol. The van der Waals surface area contributed by atoms with Gasteiger partial charge in [-0.3, -0.25) is 4.31 Å². The number of aryl methyl sites for hydroxylation is 1. The molecule has 114 valence electrons. The van der Waals surface area contributed by atoms with Gasteiger partial charge < -0.3 is 5.11 Å². The van der Waals surface area contributed by atoms with Gasteiger partial charge in [0.1, 0.15) is 0 Å². The molecule has 4 nitrogen and oxygen atoms in total. The first-order valence-corrected chi connectivity index (χ1v) is 8.47. The van der Waals surface area contributed by atoms with Gasteiger partial charge in [0, 0.05) is 5.56 Å². The zero-order chi connectivity index (χ0) is 15.7. The molecule has 0 aromatic heterocycles. The average Bonchev–Trinajstić information content (AvgIpc) is 2.88. The smallest absolute Gasteiger partial charge is 0.264 e. The molecule has 0 spiro atoms. The molecule has 0 atom stereocenters. The van der Waals surface area contributed by atoms with Crippen molar-refractivity contribution in [3.8, 4) is 0 Å². The molecule has 0 aliphatic carbocycles. The van der Waals surface area contributed by atoms with Crippen molar-refractivity contribution in [1.29, 1.82) is 0 Å². The maximum absolute atomic E-state index is 12.9. The van der Waals surface area contributed by atoms with Gasteiger partial charge in [-0.1, -0.05) is 42.0 Å². The van der Waals surface area contributed by atoms with E-state index in [0.29, 0.717) is 5.70 Å². The van der Waals surface area contributed by atoms with Gasteiger partial charge in [0.25, 0.3) is 10.0 Å². The molecule has 0 saturated carbocycles. The predicted molar refractivity (Wildman–Crippen MR) is 85.4 cm³/mol. The molecule has 1 heterocycles. The molecule has 0 bridgehead atoms. The van der Waals surface area contributed by atoms with Crippen LogP contribution in [-0.2, 0) is 16.6 Å². The van der Waals surface area contributed by atoms with E-state index in [1.165, 1.54) is 10.4 Å². The first-order chi connectivity index (χ1) is 10.5. The highest BCUT2D eigenvalue weighted by Gasteiger charge is 2.33. The van der Waals surface area contributed by atoms with Gasteiger partial charge in [-0.15, -0.1) is 0 Å². The Morgan fingerprint density at radius 1 is 1.14 bits per heavy atom. The molecule has 1 aliphatic rings. The standard InChI is InChI=1S/C17H17NO3S/c1-13-6-8-15(9-7-13)22(20,21)18-12-14-4-2-3-5-16(14)17(18)10-11-19/h2-10,19H,11-12H2,1H3/b17-10-. The van der Waals surface area contributed by atoms with Crippen molar-refractivity contribution in [2.24, 2.45) is 0 Å². The van der Waals surface area contributed by atoms with Crippen LogP contribution in [0.1, 0.15) is 16.7 Å². The van der Waals surface area contributed by atoms with E-state index in [0.717, 1.165) is 16.7 Å². The second kappa shape index (κ2) is 5.59. The van der Waals surface area contributed by atoms with E-state index < -0.39 is 10.0 Å². The van der Waals surface area contributed by atoms with Crippen molar-refractivity contribution < 1.29 is 13.5 Å². The van der Waals surface area contributed by atoms with Gasteiger partial charge in [0.05, 0.1) is 23.7 Å². The second-order valence-electron chi connectivity index (χ2n) is 5.25. The summed E-state index contributed by atoms with van der Waals surface area (Å²) in [6, 6.07) is 14.3. The van der Waals surface area contributed by atoms with Crippen LogP contribution in [0.25, 0.3) is 5.70 Å². The fourth-order valence-corrected chi connectivity index (χ4v) is 4.11. The van der Waals surface area contributed by atoms with E-state index >= 15 is 0 Å². The molecular formula is C17H17NO3S. The Hall–Kier alpha value is -2.11. The number of benzene rings is 2. The molecule has 0 unspecified atom stereocenters. The molecule has 0 amide bonds. The molecule has 0 saturated heterocycles. The second-order valence-corrected chi connectivity index (χ2v) is 7.12. The van der Waals surface area contributed by atoms with Crippen LogP contribution in [0.5, 0.6) is 0 Å². The maximum atomic E-state index is 12.9. The molecule has 2 aromatic rings. The van der Waals surface area contributed by atoms with Crippen molar-refractivity contribution >= 4 is 15.7 Å². The van der Waals surface area contributed by atoms with E-state index in [1.807, 2.05) is 31.2 Å². The zero-order valence-electron chi connectivity index (χ0n) is 12.2. The summed E-state index contributed by atoms with van der Waals surface area (Å²) >= 11 is 0. The number of fused-ring (bicyclic) bond motifs is 1. The molecular weight excluding hydrogens is 298 g/mol. The molecule has 0 fully saturated rings. The van der Waals surface area contributed by atoms with E-state index in [4.69, 9.17) is 0 Å². The minimum atomic E-state index is -3.64. The molecule has 1 N–H and O–H groups in total. The van der Waals surface area contributed by atoms with Crippen molar-refractivity contribution in [1.82, 2.24) is 4.31 Å². The number of hydrogen-bond donors (Lipinski definition) is 1. The lowest BCUT2D eigenvalue weighted by atomic mass is 10.1. The van der Waals surface area contributed by atoms with Crippen LogP contribution in [0.3, 0.4) is 0 Å². The van der Waals surface area contributed by atoms with Crippen LogP contribution >= 0.6 is 0 Å². The van der Waals surface area contributed by atoms with Crippen LogP contribution in [-0.4, -0.2) is 24.4 Å². The molecule has 1 aliphatic heterocycles. The lowest BCUT2D eigenvalue weighted by Gasteiger charge is -2.20. The first-order valence-electron chi connectivity index (χ1n) is 7.03. The van der Waals surface area contributed by atoms with Gasteiger partial charge in [0.15, 0.2) is 0 Å². The molecule has 0 radical (unpaired) electrons. The quantitative estimate of drug-likeness (QED) is 0.947. The summed E-state index contributed by atoms with van der Waals surface area (Å²) in [6.45, 7) is 2.00. The number of sulfonamides is 1. The number of aliphatic hydroxyl groups excluding tert-OH is 1. The lowest BCUT2D eigenvalue weighted by Crippen LogP contribution is -2.25. The summed E-state index contributed by atoms with van der Waals surface area (Å²) in [5.74, 6) is 0. The highest BCUT2D eigenvalue weighted by atomic mass is 32.2. The maximum Gasteiger partial charge on any atom is 0.264 e. The Kier molecular flexibility index (Phi) is 3.76. The fourth-order valence-electron chi connectivity index (χ4n) is 2.63. The lowest BCUT2D eigenvalue weighted by molar-refractivity contribution is 0.342. The molecule has 2 aromatic carbocycles. The van der Waals surface area contributed by atoms with Crippen molar-refractivity contribution in [3.63, 3.8) is 0 Å². The van der Waals surface area contributed by atoms with Crippen LogP contribution < -0.4 is 0 Å². The summed E-state index contributed by atoms with van der Waals surface area (Å²) in [7, 11) is -3.64. The topological polar surface area (TPSA) is 57.6 Å². The number of rotatable bonds is 3. The highest BCUT2D eigenvalue weighted by Crippen LogP contribution is 2.36. The number of nitrogens with zero attached hydrogens (tertiary/aromatic N) is 1. The van der Waals surface area contributed by atoms with Crippen molar-refractivity contribution in [3.05, 3.63) is 71.3 Å². The van der Waals surface area contributed by atoms with Gasteiger partial charge in [-0.05, 0) is 30.7 Å². The van der Waals surface area contributed by atoms with E-state index in [2.05, 4.69) is 0 Å². The highest BCUT2D eigenvalue weighted by molar-refractivity contribution is 7.89. The zero-order valence-corrected chi connectivity index (χ0v) is 13.0. The predicted octanol–water partition coefficient (Wildman–Crippen LogP) is 2.53. The fraction of sp³-hybridized carbons (Fsp3) is 0.176. The van der Waals surface area contributed by atoms with E-state index in [9.17, 15) is 13.5 Å². The normalized spacial score (nSPS) is 16.1. The molecule has 5 heteroatoms. The molecule has 3 rings (SSSR count). The summed E-state index contributed by atoms with van der Waals surface area (Å²) in [6.07, 6.45) is 1.54. The first kappa shape index (κ1) is 14.8. The minimum Gasteiger partial charge on any atom is -0.392 e. The Balaban J connectivity index is 2.08. The van der Waals surface area contributed by atoms with Gasteiger partial charge in [0.2, 0.25) is 0 Å². The third-order valence-electron chi connectivity index (χ3n) is 3.77. The largest absolute Gasteiger partial charge is 0.392 e. The van der Waals surface area contributed by atoms with E-state index in [-0.39, 0.29) is 18.0 Å². The monoisotopic (exact) mass is 315 g/mol. The minimum absolute atomic E-state index is 0.205. The SMILES string of the molecule is Cc1ccc(S(=O)(=O)N2Cc3ccccc3/C2=C/CO)cc1. The van der Waals surface area contributed by atoms with Gasteiger partial charge >= 0.3 is 0 Å². The van der Waals surface area contributed by atoms with Crippen LogP contribution in [0.15, 0.2) is 59.5 Å². The summed E-state index contributed by atoms with van der Waals surface area (Å²) < 4.78 is 27.2. The third-order valence-corrected chi connectivity index (χ3v) is 5.54. The Morgan fingerprint density at radius 3 is 2.50 bits per heavy atom. The Labute approximate surface area is 130 Å². The van der Waals surface area contributed by atoms with Gasteiger partial charge in [-0.25, -0.2) is 8.42 Å². The Bertz CT molecular complexity index is 823. The van der Waals surface area contributed by atoms with Gasteiger partial charge in [-0.2, -0.15) is 0 Å². The third kappa shape index (κ3) is 2.42. The van der Waals surface area contributed by atoms with Crippen molar-refractivity contribution in [2.75, 3.05) is 6.61 Å². The van der Waals surface area contributed by atoms with Crippen molar-refractivity contribution in [2.45, 2.75) is 18.4 Å². The Morgan fingerprint density at radius 2 is 1.82 bits per heavy atom. The number of aliphatic hydroxyl groups is 1. The summed E-state index contributed by atoms with van der Waals surface area (Å²) in [5, 5.41) is 9.24. The summed E-state index contributed by atoms with van der Waals surface area (Å²) in [4.78, 5) is 0.259. The number of hydrogen-bond acceptors (Lipinski definition) is 3. The van der Waals surface area contributed by atoms with E-state index in [1.54, 1.807) is 24.3 Å². The van der Waals surface area contributed by atoms with Crippen LogP contribution in [0.2, 0.25) is 0 Å².